The van der Waals surface area contributed by atoms with Gasteiger partial charge in [0.15, 0.2) is 0 Å². The van der Waals surface area contributed by atoms with E-state index >= 15 is 0 Å². The van der Waals surface area contributed by atoms with E-state index in [1.807, 2.05) is 80.6 Å². The number of nitrogens with zero attached hydrogens (tertiary/aromatic N) is 3. The van der Waals surface area contributed by atoms with E-state index in [-0.39, 0.29) is 11.9 Å². The van der Waals surface area contributed by atoms with Gasteiger partial charge in [0.1, 0.15) is 11.4 Å². The van der Waals surface area contributed by atoms with Crippen LogP contribution in [0.1, 0.15) is 35.8 Å². The van der Waals surface area contributed by atoms with Crippen LogP contribution in [0.3, 0.4) is 0 Å². The van der Waals surface area contributed by atoms with Crippen molar-refractivity contribution in [2.75, 3.05) is 6.61 Å². The maximum atomic E-state index is 13.2. The van der Waals surface area contributed by atoms with Crippen molar-refractivity contribution in [2.45, 2.75) is 19.9 Å². The molecule has 2 heterocycles. The number of para-hydroxylation sites is 1. The molecule has 31 heavy (non-hydrogen) atoms. The zero-order chi connectivity index (χ0) is 21.6. The van der Waals surface area contributed by atoms with Crippen molar-refractivity contribution in [1.29, 1.82) is 0 Å². The number of ether oxygens (including phenoxy) is 1. The van der Waals surface area contributed by atoms with Gasteiger partial charge in [-0.1, -0.05) is 30.3 Å². The average molecular weight is 412 g/mol. The van der Waals surface area contributed by atoms with Gasteiger partial charge in [0.05, 0.1) is 23.9 Å². The molecule has 4 rings (SSSR count). The number of aromatic nitrogens is 3. The van der Waals surface area contributed by atoms with Gasteiger partial charge < -0.3 is 10.1 Å². The molecule has 2 aromatic heterocycles. The quantitative estimate of drug-likeness (QED) is 0.472. The number of carbonyl (C=O) groups excluding carboxylic acids is 1. The van der Waals surface area contributed by atoms with E-state index in [9.17, 15) is 4.79 Å². The Kier molecular flexibility index (Phi) is 6.08. The summed E-state index contributed by atoms with van der Waals surface area (Å²) in [5.41, 5.74) is 3.75. The van der Waals surface area contributed by atoms with Crippen LogP contribution < -0.4 is 10.1 Å². The molecule has 0 aliphatic carbocycles. The van der Waals surface area contributed by atoms with Gasteiger partial charge in [-0.3, -0.25) is 9.78 Å². The van der Waals surface area contributed by atoms with E-state index in [0.29, 0.717) is 17.9 Å². The molecule has 6 heteroatoms. The number of carbonyl (C=O) groups is 1. The normalized spacial score (nSPS) is 11.7. The van der Waals surface area contributed by atoms with Crippen molar-refractivity contribution < 1.29 is 9.53 Å². The second-order valence-electron chi connectivity index (χ2n) is 7.11. The number of pyridine rings is 1. The first kappa shape index (κ1) is 20.3. The molecule has 0 aliphatic heterocycles. The molecule has 0 bridgehead atoms. The Labute approximate surface area is 181 Å². The first-order valence-corrected chi connectivity index (χ1v) is 10.2. The van der Waals surface area contributed by atoms with Crippen molar-refractivity contribution in [2.24, 2.45) is 0 Å². The fourth-order valence-corrected chi connectivity index (χ4v) is 3.35. The second-order valence-corrected chi connectivity index (χ2v) is 7.11. The molecule has 1 atom stereocenters. The maximum absolute atomic E-state index is 13.2. The SMILES string of the molecule is CCOc1ccc(C(C)NC(=O)c2cn(-c3ccccc3)nc2-c2cccnc2)cc1. The van der Waals surface area contributed by atoms with Crippen molar-refractivity contribution >= 4 is 5.91 Å². The van der Waals surface area contributed by atoms with Gasteiger partial charge in [0.2, 0.25) is 0 Å². The van der Waals surface area contributed by atoms with Gasteiger partial charge in [0.25, 0.3) is 5.91 Å². The first-order chi connectivity index (χ1) is 15.2. The number of hydrogen-bond donors (Lipinski definition) is 1. The molecular formula is C25H24N4O2. The fraction of sp³-hybridized carbons (Fsp3) is 0.160. The van der Waals surface area contributed by atoms with Crippen LogP contribution in [0, 0.1) is 0 Å². The van der Waals surface area contributed by atoms with Gasteiger partial charge in [-0.2, -0.15) is 5.10 Å². The zero-order valence-corrected chi connectivity index (χ0v) is 17.5. The molecule has 6 nitrogen and oxygen atoms in total. The van der Waals surface area contributed by atoms with Crippen LogP contribution in [0.15, 0.2) is 85.3 Å². The summed E-state index contributed by atoms with van der Waals surface area (Å²) in [6.07, 6.45) is 5.17. The Morgan fingerprint density at radius 3 is 2.52 bits per heavy atom. The van der Waals surface area contributed by atoms with Gasteiger partial charge in [-0.05, 0) is 55.8 Å². The monoisotopic (exact) mass is 412 g/mol. The van der Waals surface area contributed by atoms with Crippen LogP contribution in [0.2, 0.25) is 0 Å². The van der Waals surface area contributed by atoms with Crippen LogP contribution in [0.4, 0.5) is 0 Å². The highest BCUT2D eigenvalue weighted by molar-refractivity contribution is 6.00. The van der Waals surface area contributed by atoms with Gasteiger partial charge in [-0.15, -0.1) is 0 Å². The van der Waals surface area contributed by atoms with Crippen molar-refractivity contribution in [3.63, 3.8) is 0 Å². The highest BCUT2D eigenvalue weighted by Gasteiger charge is 2.20. The summed E-state index contributed by atoms with van der Waals surface area (Å²) in [6, 6.07) is 21.0. The molecule has 0 radical (unpaired) electrons. The number of amides is 1. The molecule has 0 saturated carbocycles. The number of benzene rings is 2. The summed E-state index contributed by atoms with van der Waals surface area (Å²) in [4.78, 5) is 17.4. The highest BCUT2D eigenvalue weighted by atomic mass is 16.5. The van der Waals surface area contributed by atoms with Gasteiger partial charge in [-0.25, -0.2) is 4.68 Å². The predicted octanol–water partition coefficient (Wildman–Crippen LogP) is 4.82. The lowest BCUT2D eigenvalue weighted by Gasteiger charge is -2.15. The number of hydrogen-bond acceptors (Lipinski definition) is 4. The lowest BCUT2D eigenvalue weighted by atomic mass is 10.1. The van der Waals surface area contributed by atoms with Crippen molar-refractivity contribution in [1.82, 2.24) is 20.1 Å². The summed E-state index contributed by atoms with van der Waals surface area (Å²) < 4.78 is 7.22. The Balaban J connectivity index is 1.62. The third-order valence-electron chi connectivity index (χ3n) is 4.95. The second kappa shape index (κ2) is 9.26. The fourth-order valence-electron chi connectivity index (χ4n) is 3.35. The van der Waals surface area contributed by atoms with Gasteiger partial charge in [0, 0.05) is 24.2 Å². The van der Waals surface area contributed by atoms with Crippen LogP contribution in [-0.4, -0.2) is 27.3 Å². The van der Waals surface area contributed by atoms with Crippen molar-refractivity contribution in [3.05, 3.63) is 96.4 Å². The molecule has 0 aliphatic rings. The molecule has 1 N–H and O–H groups in total. The Morgan fingerprint density at radius 2 is 1.84 bits per heavy atom. The molecule has 0 spiro atoms. The van der Waals surface area contributed by atoms with E-state index in [0.717, 1.165) is 22.6 Å². The molecule has 0 fully saturated rings. The minimum atomic E-state index is -0.192. The van der Waals surface area contributed by atoms with Crippen LogP contribution in [0.5, 0.6) is 5.75 Å². The van der Waals surface area contributed by atoms with Crippen LogP contribution in [-0.2, 0) is 0 Å². The minimum absolute atomic E-state index is 0.176. The highest BCUT2D eigenvalue weighted by Crippen LogP contribution is 2.24. The van der Waals surface area contributed by atoms with E-state index in [2.05, 4.69) is 15.4 Å². The molecular weight excluding hydrogens is 388 g/mol. The lowest BCUT2D eigenvalue weighted by molar-refractivity contribution is 0.0940. The number of rotatable bonds is 7. The Bertz CT molecular complexity index is 1140. The zero-order valence-electron chi connectivity index (χ0n) is 17.5. The summed E-state index contributed by atoms with van der Waals surface area (Å²) in [5.74, 6) is 0.621. The molecule has 0 saturated heterocycles. The summed E-state index contributed by atoms with van der Waals surface area (Å²) in [6.45, 7) is 4.53. The smallest absolute Gasteiger partial charge is 0.255 e. The predicted molar refractivity (Wildman–Crippen MR) is 120 cm³/mol. The molecule has 1 amide bonds. The topological polar surface area (TPSA) is 69.0 Å². The molecule has 156 valence electrons. The van der Waals surface area contributed by atoms with Crippen molar-refractivity contribution in [3.8, 4) is 22.7 Å². The largest absolute Gasteiger partial charge is 0.494 e. The molecule has 2 aromatic carbocycles. The van der Waals surface area contributed by atoms with E-state index in [1.165, 1.54) is 0 Å². The van der Waals surface area contributed by atoms with E-state index in [4.69, 9.17) is 4.74 Å². The molecule has 4 aromatic rings. The summed E-state index contributed by atoms with van der Waals surface area (Å²) >= 11 is 0. The standard InChI is InChI=1S/C25H24N4O2/c1-3-31-22-13-11-19(12-14-22)18(2)27-25(30)23-17-29(21-9-5-4-6-10-21)28-24(23)20-8-7-15-26-16-20/h4-18H,3H2,1-2H3,(H,27,30). The Morgan fingerprint density at radius 1 is 1.06 bits per heavy atom. The Hall–Kier alpha value is -3.93. The minimum Gasteiger partial charge on any atom is -0.494 e. The molecule has 1 unspecified atom stereocenters. The lowest BCUT2D eigenvalue weighted by Crippen LogP contribution is -2.26. The number of nitrogens with one attached hydrogen (secondary N) is 1. The van der Waals surface area contributed by atoms with Crippen LogP contribution in [0.25, 0.3) is 16.9 Å². The summed E-state index contributed by atoms with van der Waals surface area (Å²) in [5, 5.41) is 7.77. The summed E-state index contributed by atoms with van der Waals surface area (Å²) in [7, 11) is 0. The van der Waals surface area contributed by atoms with Crippen LogP contribution >= 0.6 is 0 Å². The first-order valence-electron chi connectivity index (χ1n) is 10.2. The average Bonchev–Trinajstić information content (AvgIpc) is 3.27. The van der Waals surface area contributed by atoms with E-state index in [1.54, 1.807) is 23.3 Å². The third kappa shape index (κ3) is 4.64. The maximum Gasteiger partial charge on any atom is 0.255 e. The van der Waals surface area contributed by atoms with E-state index < -0.39 is 0 Å². The third-order valence-corrected chi connectivity index (χ3v) is 4.95. The van der Waals surface area contributed by atoms with Gasteiger partial charge >= 0.3 is 0 Å².